The van der Waals surface area contributed by atoms with Crippen molar-refractivity contribution in [3.05, 3.63) is 100 Å². The molecular weight excluding hydrogens is 584 g/mol. The van der Waals surface area contributed by atoms with E-state index in [1.165, 1.54) is 13.2 Å². The van der Waals surface area contributed by atoms with Crippen molar-refractivity contribution >= 4 is 35.5 Å². The van der Waals surface area contributed by atoms with Gasteiger partial charge in [0.1, 0.15) is 12.2 Å². The number of urea groups is 1. The summed E-state index contributed by atoms with van der Waals surface area (Å²) in [6.07, 6.45) is 4.44. The molecule has 0 bridgehead atoms. The molecule has 0 aromatic heterocycles. The van der Waals surface area contributed by atoms with Crippen molar-refractivity contribution in [2.75, 3.05) is 20.3 Å². The number of imide groups is 2. The predicted octanol–water partition coefficient (Wildman–Crippen LogP) is 6.51. The molecule has 0 spiro atoms. The van der Waals surface area contributed by atoms with Crippen molar-refractivity contribution in [2.45, 2.75) is 39.8 Å². The third kappa shape index (κ3) is 7.79. The molecule has 1 N–H and O–H groups in total. The summed E-state index contributed by atoms with van der Waals surface area (Å²) < 4.78 is 23.2. The molecule has 1 aliphatic rings. The van der Waals surface area contributed by atoms with E-state index in [9.17, 15) is 14.4 Å². The van der Waals surface area contributed by atoms with Gasteiger partial charge in [-0.2, -0.15) is 0 Å². The average Bonchev–Trinajstić information content (AvgIpc) is 3.01. The number of amides is 4. The highest BCUT2D eigenvalue weighted by atomic mass is 35.5. The molecule has 0 saturated carbocycles. The second-order valence-electron chi connectivity index (χ2n) is 9.89. The van der Waals surface area contributed by atoms with Gasteiger partial charge in [-0.1, -0.05) is 42.8 Å². The quantitative estimate of drug-likeness (QED) is 0.125. The lowest BCUT2D eigenvalue weighted by Crippen LogP contribution is -2.53. The van der Waals surface area contributed by atoms with E-state index in [0.717, 1.165) is 22.4 Å². The normalized spacial score (nSPS) is 14.0. The summed E-state index contributed by atoms with van der Waals surface area (Å²) in [5.74, 6) is 0.495. The summed E-state index contributed by atoms with van der Waals surface area (Å²) in [6.45, 7) is 8.77. The Morgan fingerprint density at radius 3 is 2.34 bits per heavy atom. The lowest BCUT2D eigenvalue weighted by Gasteiger charge is -2.26. The van der Waals surface area contributed by atoms with Gasteiger partial charge < -0.3 is 18.9 Å². The average molecular weight is 619 g/mol. The number of rotatable bonds is 14. The van der Waals surface area contributed by atoms with Gasteiger partial charge in [0.05, 0.1) is 26.9 Å². The molecule has 230 valence electrons. The summed E-state index contributed by atoms with van der Waals surface area (Å²) in [4.78, 5) is 40.1. The van der Waals surface area contributed by atoms with E-state index in [4.69, 9.17) is 30.5 Å². The third-order valence-electron chi connectivity index (χ3n) is 6.64. The second-order valence-corrected chi connectivity index (χ2v) is 10.3. The lowest BCUT2D eigenvalue weighted by atomic mass is 10.0. The maximum absolute atomic E-state index is 13.5. The highest BCUT2D eigenvalue weighted by Gasteiger charge is 2.36. The monoisotopic (exact) mass is 618 g/mol. The summed E-state index contributed by atoms with van der Waals surface area (Å²) in [5.41, 5.74) is 2.62. The number of carbonyl (C=O) groups excluding carboxylic acids is 3. The molecule has 1 heterocycles. The number of ether oxygens (including phenoxy) is 4. The number of hydrogen-bond donors (Lipinski definition) is 1. The SMILES string of the molecule is C=CCc1cc(/C=C2\C(=O)NC(=O)N(Cc3ccc(OCCC)c(OC)c3)C2=O)cc(OCC)c1OCc1ccc(Cl)cc1. The number of allylic oxidation sites excluding steroid dienone is 1. The first-order chi connectivity index (χ1) is 21.3. The summed E-state index contributed by atoms with van der Waals surface area (Å²) >= 11 is 6.01. The molecule has 9 nitrogen and oxygen atoms in total. The van der Waals surface area contributed by atoms with Gasteiger partial charge in [-0.3, -0.25) is 19.8 Å². The number of halogens is 1. The van der Waals surface area contributed by atoms with Gasteiger partial charge in [-0.25, -0.2) is 4.79 Å². The van der Waals surface area contributed by atoms with Crippen LogP contribution in [0.25, 0.3) is 6.08 Å². The van der Waals surface area contributed by atoms with Crippen LogP contribution in [0.5, 0.6) is 23.0 Å². The van der Waals surface area contributed by atoms with Crippen molar-refractivity contribution in [2.24, 2.45) is 0 Å². The van der Waals surface area contributed by atoms with Crippen LogP contribution in [0, 0.1) is 0 Å². The smallest absolute Gasteiger partial charge is 0.331 e. The van der Waals surface area contributed by atoms with E-state index in [-0.39, 0.29) is 18.7 Å². The zero-order valence-electron chi connectivity index (χ0n) is 25.0. The molecule has 0 aliphatic carbocycles. The van der Waals surface area contributed by atoms with Crippen LogP contribution in [-0.2, 0) is 29.2 Å². The minimum atomic E-state index is -0.810. The van der Waals surface area contributed by atoms with E-state index in [2.05, 4.69) is 11.9 Å². The van der Waals surface area contributed by atoms with Crippen molar-refractivity contribution in [3.63, 3.8) is 0 Å². The first-order valence-electron chi connectivity index (χ1n) is 14.2. The topological polar surface area (TPSA) is 103 Å². The molecule has 3 aromatic carbocycles. The van der Waals surface area contributed by atoms with Crippen molar-refractivity contribution in [3.8, 4) is 23.0 Å². The molecule has 44 heavy (non-hydrogen) atoms. The fourth-order valence-corrected chi connectivity index (χ4v) is 4.69. The highest BCUT2D eigenvalue weighted by Crippen LogP contribution is 2.36. The predicted molar refractivity (Wildman–Crippen MR) is 168 cm³/mol. The van der Waals surface area contributed by atoms with E-state index < -0.39 is 17.8 Å². The number of methoxy groups -OCH3 is 1. The Balaban J connectivity index is 1.63. The van der Waals surface area contributed by atoms with E-state index in [1.54, 1.807) is 48.5 Å². The van der Waals surface area contributed by atoms with Gasteiger partial charge in [0, 0.05) is 10.6 Å². The lowest BCUT2D eigenvalue weighted by molar-refractivity contribution is -0.130. The van der Waals surface area contributed by atoms with Crippen molar-refractivity contribution in [1.29, 1.82) is 0 Å². The van der Waals surface area contributed by atoms with Crippen LogP contribution < -0.4 is 24.3 Å². The molecule has 4 rings (SSSR count). The number of benzene rings is 3. The minimum Gasteiger partial charge on any atom is -0.493 e. The molecule has 1 fully saturated rings. The zero-order chi connectivity index (χ0) is 31.6. The summed E-state index contributed by atoms with van der Waals surface area (Å²) in [5, 5.41) is 2.90. The van der Waals surface area contributed by atoms with Crippen molar-refractivity contribution < 1.29 is 33.3 Å². The summed E-state index contributed by atoms with van der Waals surface area (Å²) in [6, 6.07) is 15.2. The Bertz CT molecular complexity index is 1570. The molecule has 0 radical (unpaired) electrons. The summed E-state index contributed by atoms with van der Waals surface area (Å²) in [7, 11) is 1.52. The maximum atomic E-state index is 13.5. The maximum Gasteiger partial charge on any atom is 0.331 e. The second kappa shape index (κ2) is 15.1. The highest BCUT2D eigenvalue weighted by molar-refractivity contribution is 6.31. The Morgan fingerprint density at radius 1 is 0.909 bits per heavy atom. The van der Waals surface area contributed by atoms with Gasteiger partial charge in [0.2, 0.25) is 0 Å². The Hall–Kier alpha value is -4.76. The molecule has 0 unspecified atom stereocenters. The molecule has 1 aliphatic heterocycles. The van der Waals surface area contributed by atoms with E-state index in [1.807, 2.05) is 26.0 Å². The van der Waals surface area contributed by atoms with Crippen LogP contribution >= 0.6 is 11.6 Å². The number of barbiturate groups is 1. The van der Waals surface area contributed by atoms with Gasteiger partial charge in [-0.05, 0) is 78.9 Å². The van der Waals surface area contributed by atoms with Crippen LogP contribution in [-0.4, -0.2) is 43.1 Å². The Kier molecular flexibility index (Phi) is 11.0. The van der Waals surface area contributed by atoms with Crippen LogP contribution in [0.4, 0.5) is 4.79 Å². The molecule has 1 saturated heterocycles. The number of carbonyl (C=O) groups is 3. The number of nitrogens with one attached hydrogen (secondary N) is 1. The fraction of sp³-hybridized carbons (Fsp3) is 0.265. The van der Waals surface area contributed by atoms with Gasteiger partial charge in [0.15, 0.2) is 23.0 Å². The van der Waals surface area contributed by atoms with Gasteiger partial charge in [0.25, 0.3) is 11.8 Å². The van der Waals surface area contributed by atoms with Crippen LogP contribution in [0.3, 0.4) is 0 Å². The zero-order valence-corrected chi connectivity index (χ0v) is 25.7. The largest absolute Gasteiger partial charge is 0.493 e. The van der Waals surface area contributed by atoms with Gasteiger partial charge >= 0.3 is 6.03 Å². The standard InChI is InChI=1S/C34H35ClN2O7/c1-5-8-25-16-24(19-30(42-7-3)31(25)44-21-22-9-12-26(35)13-10-22)17-27-32(38)36-34(40)37(33(27)39)20-23-11-14-28(43-15-6-2)29(18-23)41-4/h5,9-14,16-19H,1,6-8,15,20-21H2,2-4H3,(H,36,38,40)/b27-17+. The molecule has 0 atom stereocenters. The first-order valence-corrected chi connectivity index (χ1v) is 14.6. The number of nitrogens with zero attached hydrogens (tertiary/aromatic N) is 1. The van der Waals surface area contributed by atoms with Crippen LogP contribution in [0.1, 0.15) is 42.5 Å². The minimum absolute atomic E-state index is 0.0803. The van der Waals surface area contributed by atoms with Crippen molar-refractivity contribution in [1.82, 2.24) is 10.2 Å². The molecule has 4 amide bonds. The molecular formula is C34H35ClN2O7. The third-order valence-corrected chi connectivity index (χ3v) is 6.89. The number of hydrogen-bond acceptors (Lipinski definition) is 7. The van der Waals surface area contributed by atoms with E-state index >= 15 is 0 Å². The molecule has 3 aromatic rings. The fourth-order valence-electron chi connectivity index (χ4n) is 4.57. The van der Waals surface area contributed by atoms with Crippen LogP contribution in [0.15, 0.2) is 72.8 Å². The van der Waals surface area contributed by atoms with Crippen LogP contribution in [0.2, 0.25) is 5.02 Å². The van der Waals surface area contributed by atoms with Gasteiger partial charge in [-0.15, -0.1) is 6.58 Å². The Labute approximate surface area is 262 Å². The Morgan fingerprint density at radius 2 is 1.66 bits per heavy atom. The van der Waals surface area contributed by atoms with E-state index in [0.29, 0.717) is 58.8 Å². The first kappa shape index (κ1) is 32.2. The molecule has 10 heteroatoms.